The number of ether oxygens (including phenoxy) is 2. The van der Waals surface area contributed by atoms with E-state index in [0.717, 1.165) is 29.4 Å². The Labute approximate surface area is 125 Å². The molecule has 1 atom stereocenters. The highest BCUT2D eigenvalue weighted by atomic mass is 32.2. The van der Waals surface area contributed by atoms with Crippen LogP contribution in [0.3, 0.4) is 0 Å². The maximum atomic E-state index is 5.77. The van der Waals surface area contributed by atoms with Crippen molar-refractivity contribution in [1.82, 2.24) is 5.43 Å². The van der Waals surface area contributed by atoms with Gasteiger partial charge in [-0.15, -0.1) is 0 Å². The standard InChI is InChI=1S/C15H24N2O2S/c1-18-13-8-12(9-14(10-13)19-2)15(17-16)7-11-3-5-20-6-4-11/h8-11,15,17H,3-7,16H2,1-2H3. The number of hydrogen-bond acceptors (Lipinski definition) is 5. The van der Waals surface area contributed by atoms with Crippen LogP contribution in [-0.2, 0) is 0 Å². The Morgan fingerprint density at radius 2 is 1.80 bits per heavy atom. The third kappa shape index (κ3) is 4.04. The van der Waals surface area contributed by atoms with Crippen molar-refractivity contribution in [1.29, 1.82) is 0 Å². The van der Waals surface area contributed by atoms with Gasteiger partial charge in [0, 0.05) is 12.1 Å². The molecule has 0 bridgehead atoms. The zero-order chi connectivity index (χ0) is 14.4. The average Bonchev–Trinajstić information content (AvgIpc) is 2.53. The number of hydrazine groups is 1. The summed E-state index contributed by atoms with van der Waals surface area (Å²) < 4.78 is 10.7. The molecule has 0 aliphatic carbocycles. The van der Waals surface area contributed by atoms with Gasteiger partial charge in [0.05, 0.1) is 14.2 Å². The van der Waals surface area contributed by atoms with Crippen molar-refractivity contribution in [2.45, 2.75) is 25.3 Å². The topological polar surface area (TPSA) is 56.5 Å². The number of nitrogens with two attached hydrogens (primary N) is 1. The molecule has 0 spiro atoms. The molecule has 112 valence electrons. The molecular formula is C15H24N2O2S. The molecule has 1 fully saturated rings. The van der Waals surface area contributed by atoms with E-state index >= 15 is 0 Å². The fourth-order valence-electron chi connectivity index (χ4n) is 2.65. The summed E-state index contributed by atoms with van der Waals surface area (Å²) in [6.07, 6.45) is 3.63. The molecule has 0 amide bonds. The molecule has 1 saturated heterocycles. The third-order valence-electron chi connectivity index (χ3n) is 3.89. The summed E-state index contributed by atoms with van der Waals surface area (Å²) in [6, 6.07) is 6.09. The Bertz CT molecular complexity index is 400. The number of rotatable bonds is 6. The Morgan fingerprint density at radius 1 is 1.20 bits per heavy atom. The largest absolute Gasteiger partial charge is 0.497 e. The van der Waals surface area contributed by atoms with Crippen molar-refractivity contribution in [3.63, 3.8) is 0 Å². The van der Waals surface area contributed by atoms with Crippen LogP contribution < -0.4 is 20.7 Å². The SMILES string of the molecule is COc1cc(OC)cc(C(CC2CCSCC2)NN)c1. The molecule has 3 N–H and O–H groups in total. The molecule has 1 unspecified atom stereocenters. The van der Waals surface area contributed by atoms with E-state index in [0.29, 0.717) is 0 Å². The van der Waals surface area contributed by atoms with Crippen LogP contribution >= 0.6 is 11.8 Å². The van der Waals surface area contributed by atoms with Crippen LogP contribution in [0.1, 0.15) is 30.9 Å². The molecule has 1 heterocycles. The Balaban J connectivity index is 2.12. The van der Waals surface area contributed by atoms with E-state index in [1.165, 1.54) is 24.3 Å². The third-order valence-corrected chi connectivity index (χ3v) is 4.94. The molecule has 4 nitrogen and oxygen atoms in total. The molecular weight excluding hydrogens is 272 g/mol. The van der Waals surface area contributed by atoms with Crippen LogP contribution in [0.25, 0.3) is 0 Å². The van der Waals surface area contributed by atoms with Gasteiger partial charge in [0.25, 0.3) is 0 Å². The van der Waals surface area contributed by atoms with Gasteiger partial charge in [0.2, 0.25) is 0 Å². The van der Waals surface area contributed by atoms with Gasteiger partial charge >= 0.3 is 0 Å². The quantitative estimate of drug-likeness (QED) is 0.624. The highest BCUT2D eigenvalue weighted by Crippen LogP contribution is 2.33. The van der Waals surface area contributed by atoms with E-state index in [-0.39, 0.29) is 6.04 Å². The average molecular weight is 296 g/mol. The maximum Gasteiger partial charge on any atom is 0.122 e. The summed E-state index contributed by atoms with van der Waals surface area (Å²) in [6.45, 7) is 0. The van der Waals surface area contributed by atoms with E-state index in [2.05, 4.69) is 5.43 Å². The van der Waals surface area contributed by atoms with E-state index in [1.54, 1.807) is 14.2 Å². The number of thioether (sulfide) groups is 1. The molecule has 1 aromatic carbocycles. The summed E-state index contributed by atoms with van der Waals surface area (Å²) in [5.41, 5.74) is 4.08. The minimum absolute atomic E-state index is 0.145. The number of nitrogens with one attached hydrogen (secondary N) is 1. The Morgan fingerprint density at radius 3 is 2.30 bits per heavy atom. The molecule has 0 saturated carbocycles. The monoisotopic (exact) mass is 296 g/mol. The van der Waals surface area contributed by atoms with Crippen LogP contribution in [0.5, 0.6) is 11.5 Å². The summed E-state index contributed by atoms with van der Waals surface area (Å²) in [5, 5.41) is 0. The lowest BCUT2D eigenvalue weighted by molar-refractivity contribution is 0.366. The predicted octanol–water partition coefficient (Wildman–Crippen LogP) is 2.74. The predicted molar refractivity (Wildman–Crippen MR) is 84.3 cm³/mol. The summed E-state index contributed by atoms with van der Waals surface area (Å²) in [7, 11) is 3.34. The van der Waals surface area contributed by atoms with E-state index in [4.69, 9.17) is 15.3 Å². The lowest BCUT2D eigenvalue weighted by Gasteiger charge is -2.26. The van der Waals surface area contributed by atoms with Crippen LogP contribution in [0.15, 0.2) is 18.2 Å². The van der Waals surface area contributed by atoms with Gasteiger partial charge in [-0.2, -0.15) is 11.8 Å². The Hall–Kier alpha value is -0.910. The van der Waals surface area contributed by atoms with Gasteiger partial charge in [-0.3, -0.25) is 11.3 Å². The van der Waals surface area contributed by atoms with Crippen molar-refractivity contribution in [3.05, 3.63) is 23.8 Å². The number of methoxy groups -OCH3 is 2. The first kappa shape index (κ1) is 15.5. The van der Waals surface area contributed by atoms with E-state index < -0.39 is 0 Å². The molecule has 1 aliphatic heterocycles. The van der Waals surface area contributed by atoms with Crippen molar-refractivity contribution in [3.8, 4) is 11.5 Å². The van der Waals surface area contributed by atoms with Crippen LogP contribution in [0, 0.1) is 5.92 Å². The van der Waals surface area contributed by atoms with Gasteiger partial charge in [0.1, 0.15) is 11.5 Å². The lowest BCUT2D eigenvalue weighted by Crippen LogP contribution is -2.30. The van der Waals surface area contributed by atoms with Gasteiger partial charge in [-0.1, -0.05) is 0 Å². The molecule has 1 aromatic rings. The minimum Gasteiger partial charge on any atom is -0.497 e. The Kier molecular flexibility index (Phi) is 6.01. The zero-order valence-corrected chi connectivity index (χ0v) is 13.0. The van der Waals surface area contributed by atoms with E-state index in [9.17, 15) is 0 Å². The van der Waals surface area contributed by atoms with Gasteiger partial charge in [-0.05, 0) is 54.4 Å². The second-order valence-electron chi connectivity index (χ2n) is 5.16. The highest BCUT2D eigenvalue weighted by molar-refractivity contribution is 7.99. The van der Waals surface area contributed by atoms with Gasteiger partial charge in [0.15, 0.2) is 0 Å². The summed E-state index contributed by atoms with van der Waals surface area (Å²) in [4.78, 5) is 0. The van der Waals surface area contributed by atoms with Crippen molar-refractivity contribution < 1.29 is 9.47 Å². The second kappa shape index (κ2) is 7.76. The fraction of sp³-hybridized carbons (Fsp3) is 0.600. The van der Waals surface area contributed by atoms with Crippen molar-refractivity contribution >= 4 is 11.8 Å². The minimum atomic E-state index is 0.145. The first-order valence-electron chi connectivity index (χ1n) is 7.03. The second-order valence-corrected chi connectivity index (χ2v) is 6.38. The van der Waals surface area contributed by atoms with Crippen LogP contribution in [0.4, 0.5) is 0 Å². The maximum absolute atomic E-state index is 5.77. The van der Waals surface area contributed by atoms with Crippen LogP contribution in [0.2, 0.25) is 0 Å². The normalized spacial score (nSPS) is 17.8. The van der Waals surface area contributed by atoms with Crippen LogP contribution in [-0.4, -0.2) is 25.7 Å². The fourth-order valence-corrected chi connectivity index (χ4v) is 3.85. The zero-order valence-electron chi connectivity index (χ0n) is 12.2. The molecule has 2 rings (SSSR count). The lowest BCUT2D eigenvalue weighted by atomic mass is 9.91. The molecule has 20 heavy (non-hydrogen) atoms. The smallest absolute Gasteiger partial charge is 0.122 e. The van der Waals surface area contributed by atoms with Crippen molar-refractivity contribution in [2.24, 2.45) is 11.8 Å². The molecule has 0 radical (unpaired) electrons. The van der Waals surface area contributed by atoms with Gasteiger partial charge < -0.3 is 9.47 Å². The van der Waals surface area contributed by atoms with Gasteiger partial charge in [-0.25, -0.2) is 0 Å². The summed E-state index contributed by atoms with van der Waals surface area (Å²) >= 11 is 2.05. The molecule has 5 heteroatoms. The van der Waals surface area contributed by atoms with E-state index in [1.807, 2.05) is 30.0 Å². The highest BCUT2D eigenvalue weighted by Gasteiger charge is 2.20. The van der Waals surface area contributed by atoms with Crippen molar-refractivity contribution in [2.75, 3.05) is 25.7 Å². The number of hydrogen-bond donors (Lipinski definition) is 2. The first-order valence-corrected chi connectivity index (χ1v) is 8.19. The first-order chi connectivity index (χ1) is 9.76. The summed E-state index contributed by atoms with van der Waals surface area (Å²) in [5.74, 6) is 10.7. The number of benzene rings is 1. The molecule has 0 aromatic heterocycles. The molecule has 1 aliphatic rings.